The van der Waals surface area contributed by atoms with Crippen molar-refractivity contribution in [2.75, 3.05) is 13.1 Å². The first kappa shape index (κ1) is 14.7. The zero-order chi connectivity index (χ0) is 14.7. The summed E-state index contributed by atoms with van der Waals surface area (Å²) in [7, 11) is 0. The molecule has 1 fully saturated rings. The highest BCUT2D eigenvalue weighted by Crippen LogP contribution is 2.21. The molecule has 3 rings (SSSR count). The monoisotopic (exact) mass is 301 g/mol. The molecule has 0 saturated carbocycles. The molecule has 4 heteroatoms. The van der Waals surface area contributed by atoms with Gasteiger partial charge in [0.25, 0.3) is 0 Å². The van der Waals surface area contributed by atoms with Crippen LogP contribution in [0.1, 0.15) is 24.3 Å². The Labute approximate surface area is 131 Å². The number of benzene rings is 1. The van der Waals surface area contributed by atoms with Gasteiger partial charge in [0.05, 0.1) is 5.51 Å². The van der Waals surface area contributed by atoms with E-state index in [0.29, 0.717) is 6.04 Å². The molecule has 0 radical (unpaired) electrons. The summed E-state index contributed by atoms with van der Waals surface area (Å²) in [6.45, 7) is 7.69. The van der Waals surface area contributed by atoms with Crippen molar-refractivity contribution in [1.82, 2.24) is 15.2 Å². The first-order valence-electron chi connectivity index (χ1n) is 7.53. The number of hydrogen-bond acceptors (Lipinski definition) is 4. The Morgan fingerprint density at radius 2 is 2.14 bits per heavy atom. The molecule has 21 heavy (non-hydrogen) atoms. The Hall–Kier alpha value is -1.23. The van der Waals surface area contributed by atoms with Gasteiger partial charge in [-0.2, -0.15) is 0 Å². The summed E-state index contributed by atoms with van der Waals surface area (Å²) in [5.74, 6) is 0. The minimum absolute atomic E-state index is 0.178. The van der Waals surface area contributed by atoms with Crippen LogP contribution in [0.15, 0.2) is 42.0 Å². The number of thiazole rings is 1. The quantitative estimate of drug-likeness (QED) is 0.941. The van der Waals surface area contributed by atoms with Crippen molar-refractivity contribution in [3.05, 3.63) is 52.5 Å². The van der Waals surface area contributed by atoms with E-state index in [1.165, 1.54) is 10.4 Å². The second kappa shape index (κ2) is 6.26. The Morgan fingerprint density at radius 1 is 1.33 bits per heavy atom. The summed E-state index contributed by atoms with van der Waals surface area (Å²) in [4.78, 5) is 8.17. The van der Waals surface area contributed by atoms with Crippen molar-refractivity contribution < 1.29 is 0 Å². The second-order valence-electron chi connectivity index (χ2n) is 6.48. The molecule has 2 aromatic rings. The van der Waals surface area contributed by atoms with Crippen molar-refractivity contribution in [3.8, 4) is 0 Å². The topological polar surface area (TPSA) is 28.2 Å². The van der Waals surface area contributed by atoms with E-state index in [2.05, 4.69) is 59.4 Å². The van der Waals surface area contributed by atoms with Crippen LogP contribution in [-0.2, 0) is 13.0 Å². The lowest BCUT2D eigenvalue weighted by atomic mass is 9.95. The molecular formula is C17H23N3S. The SMILES string of the molecule is CC1(C)CN(Cc2cncs2)C(Cc2ccccc2)CN1. The highest BCUT2D eigenvalue weighted by atomic mass is 32.1. The third-order valence-corrected chi connectivity index (χ3v) is 4.85. The van der Waals surface area contributed by atoms with Crippen LogP contribution >= 0.6 is 11.3 Å². The number of aromatic nitrogens is 1. The first-order valence-corrected chi connectivity index (χ1v) is 8.41. The zero-order valence-corrected chi connectivity index (χ0v) is 13.6. The lowest BCUT2D eigenvalue weighted by Crippen LogP contribution is -2.61. The molecule has 0 spiro atoms. The molecule has 0 aliphatic carbocycles. The van der Waals surface area contributed by atoms with Gasteiger partial charge in [0.15, 0.2) is 0 Å². The molecule has 1 aromatic carbocycles. The molecule has 0 amide bonds. The molecular weight excluding hydrogens is 278 g/mol. The highest BCUT2D eigenvalue weighted by molar-refractivity contribution is 7.09. The standard InChI is InChI=1S/C17H23N3S/c1-17(2)12-20(11-16-10-18-13-21-16)15(9-19-17)8-14-6-4-3-5-7-14/h3-7,10,13,15,19H,8-9,11-12H2,1-2H3. The van der Waals surface area contributed by atoms with Gasteiger partial charge in [0.2, 0.25) is 0 Å². The molecule has 1 atom stereocenters. The van der Waals surface area contributed by atoms with Gasteiger partial charge in [0, 0.05) is 42.3 Å². The Bertz CT molecular complexity index is 551. The molecule has 2 heterocycles. The van der Waals surface area contributed by atoms with Crippen molar-refractivity contribution in [2.24, 2.45) is 0 Å². The molecule has 1 aliphatic heterocycles. The van der Waals surface area contributed by atoms with Crippen molar-refractivity contribution in [3.63, 3.8) is 0 Å². The summed E-state index contributed by atoms with van der Waals surface area (Å²) in [5, 5.41) is 3.68. The average molecular weight is 301 g/mol. The first-order chi connectivity index (χ1) is 10.1. The Kier molecular flexibility index (Phi) is 4.38. The lowest BCUT2D eigenvalue weighted by Gasteiger charge is -2.44. The summed E-state index contributed by atoms with van der Waals surface area (Å²) in [6, 6.07) is 11.3. The maximum absolute atomic E-state index is 4.21. The smallest absolute Gasteiger partial charge is 0.0794 e. The maximum atomic E-state index is 4.21. The van der Waals surface area contributed by atoms with Crippen LogP contribution in [0.2, 0.25) is 0 Å². The van der Waals surface area contributed by atoms with Crippen molar-refractivity contribution in [1.29, 1.82) is 0 Å². The zero-order valence-electron chi connectivity index (χ0n) is 12.7. The molecule has 1 saturated heterocycles. The van der Waals surface area contributed by atoms with Crippen molar-refractivity contribution in [2.45, 2.75) is 38.4 Å². The fourth-order valence-corrected chi connectivity index (χ4v) is 3.63. The Morgan fingerprint density at radius 3 is 2.86 bits per heavy atom. The number of nitrogens with zero attached hydrogens (tertiary/aromatic N) is 2. The summed E-state index contributed by atoms with van der Waals surface area (Å²) in [6.07, 6.45) is 3.10. The Balaban J connectivity index is 1.73. The van der Waals surface area contributed by atoms with Crippen LogP contribution in [0, 0.1) is 0 Å². The van der Waals surface area contributed by atoms with Gasteiger partial charge in [-0.3, -0.25) is 9.88 Å². The molecule has 3 nitrogen and oxygen atoms in total. The van der Waals surface area contributed by atoms with E-state index in [1.807, 2.05) is 11.7 Å². The fourth-order valence-electron chi connectivity index (χ4n) is 3.01. The predicted molar refractivity (Wildman–Crippen MR) is 88.5 cm³/mol. The molecule has 112 valence electrons. The summed E-state index contributed by atoms with van der Waals surface area (Å²) < 4.78 is 0. The van der Waals surface area contributed by atoms with E-state index >= 15 is 0 Å². The van der Waals surface area contributed by atoms with E-state index in [-0.39, 0.29) is 5.54 Å². The number of rotatable bonds is 4. The minimum Gasteiger partial charge on any atom is -0.309 e. The van der Waals surface area contributed by atoms with E-state index < -0.39 is 0 Å². The second-order valence-corrected chi connectivity index (χ2v) is 7.45. The number of hydrogen-bond donors (Lipinski definition) is 1. The summed E-state index contributed by atoms with van der Waals surface area (Å²) >= 11 is 1.75. The minimum atomic E-state index is 0.178. The number of nitrogens with one attached hydrogen (secondary N) is 1. The highest BCUT2D eigenvalue weighted by Gasteiger charge is 2.32. The van der Waals surface area contributed by atoms with Gasteiger partial charge >= 0.3 is 0 Å². The van der Waals surface area contributed by atoms with E-state index in [4.69, 9.17) is 0 Å². The van der Waals surface area contributed by atoms with Crippen LogP contribution < -0.4 is 5.32 Å². The van der Waals surface area contributed by atoms with Gasteiger partial charge in [-0.25, -0.2) is 0 Å². The molecule has 1 unspecified atom stereocenters. The van der Waals surface area contributed by atoms with E-state index in [0.717, 1.165) is 26.1 Å². The van der Waals surface area contributed by atoms with Gasteiger partial charge in [-0.15, -0.1) is 11.3 Å². The average Bonchev–Trinajstić information content (AvgIpc) is 2.96. The fraction of sp³-hybridized carbons (Fsp3) is 0.471. The third kappa shape index (κ3) is 3.90. The van der Waals surface area contributed by atoms with Crippen LogP contribution in [0.5, 0.6) is 0 Å². The normalized spacial score (nSPS) is 22.3. The summed E-state index contributed by atoms with van der Waals surface area (Å²) in [5.41, 5.74) is 3.52. The predicted octanol–water partition coefficient (Wildman–Crippen LogP) is 2.94. The van der Waals surface area contributed by atoms with E-state index in [9.17, 15) is 0 Å². The molecule has 1 aliphatic rings. The van der Waals surface area contributed by atoms with Gasteiger partial charge in [0.1, 0.15) is 0 Å². The van der Waals surface area contributed by atoms with Gasteiger partial charge in [-0.05, 0) is 25.8 Å². The maximum Gasteiger partial charge on any atom is 0.0794 e. The van der Waals surface area contributed by atoms with Crippen LogP contribution in [-0.4, -0.2) is 34.6 Å². The van der Waals surface area contributed by atoms with Gasteiger partial charge in [-0.1, -0.05) is 30.3 Å². The molecule has 0 bridgehead atoms. The van der Waals surface area contributed by atoms with Gasteiger partial charge < -0.3 is 5.32 Å². The van der Waals surface area contributed by atoms with Crippen LogP contribution in [0.4, 0.5) is 0 Å². The number of piperazine rings is 1. The third-order valence-electron chi connectivity index (χ3n) is 4.09. The molecule has 1 N–H and O–H groups in total. The van der Waals surface area contributed by atoms with Crippen LogP contribution in [0.3, 0.4) is 0 Å². The lowest BCUT2D eigenvalue weighted by molar-refractivity contribution is 0.0889. The van der Waals surface area contributed by atoms with Crippen LogP contribution in [0.25, 0.3) is 0 Å². The van der Waals surface area contributed by atoms with E-state index in [1.54, 1.807) is 11.3 Å². The molecule has 1 aromatic heterocycles. The van der Waals surface area contributed by atoms with Crippen molar-refractivity contribution >= 4 is 11.3 Å². The largest absolute Gasteiger partial charge is 0.309 e.